The number of hydrogen-bond acceptors (Lipinski definition) is 3. The van der Waals surface area contributed by atoms with Crippen molar-refractivity contribution in [3.8, 4) is 5.75 Å². The van der Waals surface area contributed by atoms with Crippen molar-refractivity contribution >= 4 is 28.7 Å². The van der Waals surface area contributed by atoms with Gasteiger partial charge in [0, 0.05) is 5.69 Å². The van der Waals surface area contributed by atoms with E-state index in [4.69, 9.17) is 17.0 Å². The summed E-state index contributed by atoms with van der Waals surface area (Å²) in [6.07, 6.45) is 0. The number of benzene rings is 2. The van der Waals surface area contributed by atoms with E-state index < -0.39 is 0 Å². The zero-order valence-corrected chi connectivity index (χ0v) is 17.6. The fraction of sp³-hybridized carbons (Fsp3) is 0.273. The molecule has 0 aliphatic carbocycles. The minimum absolute atomic E-state index is 0.533. The van der Waals surface area contributed by atoms with Crippen LogP contribution in [0.5, 0.6) is 5.75 Å². The van der Waals surface area contributed by atoms with E-state index in [0.717, 1.165) is 35.1 Å². The number of thiocarbonyl (C=S) groups is 1. The van der Waals surface area contributed by atoms with Gasteiger partial charge in [-0.05, 0) is 75.3 Å². The molecule has 0 radical (unpaired) electrons. The second kappa shape index (κ2) is 8.89. The van der Waals surface area contributed by atoms with Gasteiger partial charge in [-0.3, -0.25) is 4.68 Å². The molecule has 1 aromatic heterocycles. The maximum Gasteiger partial charge on any atom is 0.175 e. The highest BCUT2D eigenvalue weighted by Crippen LogP contribution is 2.22. The van der Waals surface area contributed by atoms with Gasteiger partial charge < -0.3 is 15.4 Å². The Morgan fingerprint density at radius 2 is 1.75 bits per heavy atom. The van der Waals surface area contributed by atoms with Crippen molar-refractivity contribution in [2.45, 2.75) is 34.2 Å². The van der Waals surface area contributed by atoms with Crippen LogP contribution in [0.2, 0.25) is 0 Å². The first-order valence-electron chi connectivity index (χ1n) is 9.37. The highest BCUT2D eigenvalue weighted by atomic mass is 32.1. The molecule has 0 saturated heterocycles. The summed E-state index contributed by atoms with van der Waals surface area (Å²) in [4.78, 5) is 0. The Kier molecular flexibility index (Phi) is 6.31. The summed E-state index contributed by atoms with van der Waals surface area (Å²) in [7, 11) is 0. The second-order valence-electron chi connectivity index (χ2n) is 6.67. The number of nitrogens with one attached hydrogen (secondary N) is 2. The first-order valence-corrected chi connectivity index (χ1v) is 9.78. The molecular weight excluding hydrogens is 368 g/mol. The van der Waals surface area contributed by atoms with E-state index >= 15 is 0 Å². The SMILES string of the molecule is CCOc1ccc(NC(=S)Nc2c(C)nn(Cc3ccccc3C)c2C)cc1. The maximum atomic E-state index is 5.49. The Hall–Kier alpha value is -2.86. The molecule has 0 spiro atoms. The highest BCUT2D eigenvalue weighted by molar-refractivity contribution is 7.80. The zero-order chi connectivity index (χ0) is 20.1. The molecule has 3 rings (SSSR count). The van der Waals surface area contributed by atoms with Gasteiger partial charge in [0.25, 0.3) is 0 Å². The predicted molar refractivity (Wildman–Crippen MR) is 119 cm³/mol. The number of ether oxygens (including phenoxy) is 1. The van der Waals surface area contributed by atoms with E-state index in [0.29, 0.717) is 11.7 Å². The molecule has 0 unspecified atom stereocenters. The molecule has 6 heteroatoms. The van der Waals surface area contributed by atoms with Crippen LogP contribution in [0.15, 0.2) is 48.5 Å². The van der Waals surface area contributed by atoms with E-state index in [-0.39, 0.29) is 0 Å². The molecule has 2 N–H and O–H groups in total. The van der Waals surface area contributed by atoms with Crippen LogP contribution in [-0.4, -0.2) is 21.5 Å². The lowest BCUT2D eigenvalue weighted by atomic mass is 10.1. The van der Waals surface area contributed by atoms with Crippen LogP contribution < -0.4 is 15.4 Å². The molecule has 0 aliphatic heterocycles. The van der Waals surface area contributed by atoms with Crippen LogP contribution in [0, 0.1) is 20.8 Å². The normalized spacial score (nSPS) is 10.6. The number of hydrogen-bond donors (Lipinski definition) is 2. The summed E-state index contributed by atoms with van der Waals surface area (Å²) < 4.78 is 7.48. The van der Waals surface area contributed by atoms with E-state index in [1.165, 1.54) is 11.1 Å². The van der Waals surface area contributed by atoms with Crippen molar-refractivity contribution in [1.29, 1.82) is 0 Å². The third kappa shape index (κ3) is 4.70. The van der Waals surface area contributed by atoms with Gasteiger partial charge in [-0.15, -0.1) is 0 Å². The summed E-state index contributed by atoms with van der Waals surface area (Å²) in [6.45, 7) is 9.52. The number of nitrogens with zero attached hydrogens (tertiary/aromatic N) is 2. The van der Waals surface area contributed by atoms with Gasteiger partial charge in [-0.2, -0.15) is 5.10 Å². The average Bonchev–Trinajstić information content (AvgIpc) is 2.93. The smallest absolute Gasteiger partial charge is 0.175 e. The average molecular weight is 395 g/mol. The molecule has 0 fully saturated rings. The Morgan fingerprint density at radius 1 is 1.04 bits per heavy atom. The predicted octanol–water partition coefficient (Wildman–Crippen LogP) is 5.06. The lowest BCUT2D eigenvalue weighted by Gasteiger charge is -2.12. The number of rotatable bonds is 6. The van der Waals surface area contributed by atoms with Crippen LogP contribution in [0.25, 0.3) is 0 Å². The van der Waals surface area contributed by atoms with Crippen LogP contribution in [0.1, 0.15) is 29.4 Å². The minimum Gasteiger partial charge on any atom is -0.494 e. The Balaban J connectivity index is 1.69. The van der Waals surface area contributed by atoms with Gasteiger partial charge in [0.2, 0.25) is 0 Å². The van der Waals surface area contributed by atoms with Crippen molar-refractivity contribution in [2.24, 2.45) is 0 Å². The van der Waals surface area contributed by atoms with E-state index in [9.17, 15) is 0 Å². The molecular formula is C22H26N4OS. The molecule has 28 heavy (non-hydrogen) atoms. The molecule has 2 aromatic carbocycles. The zero-order valence-electron chi connectivity index (χ0n) is 16.7. The molecule has 146 valence electrons. The van der Waals surface area contributed by atoms with E-state index in [1.54, 1.807) is 0 Å². The fourth-order valence-electron chi connectivity index (χ4n) is 3.06. The summed E-state index contributed by atoms with van der Waals surface area (Å²) in [6, 6.07) is 16.1. The van der Waals surface area contributed by atoms with E-state index in [2.05, 4.69) is 53.8 Å². The van der Waals surface area contributed by atoms with Crippen LogP contribution in [0.3, 0.4) is 0 Å². The number of aryl methyl sites for hydroxylation is 2. The second-order valence-corrected chi connectivity index (χ2v) is 7.07. The van der Waals surface area contributed by atoms with Crippen molar-refractivity contribution in [1.82, 2.24) is 9.78 Å². The summed E-state index contributed by atoms with van der Waals surface area (Å²) in [5.41, 5.74) is 6.34. The van der Waals surface area contributed by atoms with Gasteiger partial charge in [0.1, 0.15) is 5.75 Å². The maximum absolute atomic E-state index is 5.49. The van der Waals surface area contributed by atoms with Gasteiger partial charge >= 0.3 is 0 Å². The summed E-state index contributed by atoms with van der Waals surface area (Å²) in [5, 5.41) is 11.7. The van der Waals surface area contributed by atoms with Crippen LogP contribution >= 0.6 is 12.2 Å². The first-order chi connectivity index (χ1) is 13.5. The van der Waals surface area contributed by atoms with Crippen molar-refractivity contribution in [2.75, 3.05) is 17.2 Å². The topological polar surface area (TPSA) is 51.1 Å². The number of anilines is 2. The standard InChI is InChI=1S/C22H26N4OS/c1-5-27-20-12-10-19(11-13-20)23-22(28)24-21-16(3)25-26(17(21)4)14-18-9-7-6-8-15(18)2/h6-13H,5,14H2,1-4H3,(H2,23,24,28). The third-order valence-electron chi connectivity index (χ3n) is 4.62. The Morgan fingerprint density at radius 3 is 2.43 bits per heavy atom. The quantitative estimate of drug-likeness (QED) is 0.572. The summed E-state index contributed by atoms with van der Waals surface area (Å²) >= 11 is 5.49. The monoisotopic (exact) mass is 394 g/mol. The molecule has 0 atom stereocenters. The summed E-state index contributed by atoms with van der Waals surface area (Å²) in [5.74, 6) is 0.844. The third-order valence-corrected chi connectivity index (χ3v) is 4.83. The van der Waals surface area contributed by atoms with Gasteiger partial charge in [0.05, 0.1) is 30.2 Å². The fourth-order valence-corrected chi connectivity index (χ4v) is 3.28. The van der Waals surface area contributed by atoms with Crippen LogP contribution in [0.4, 0.5) is 11.4 Å². The van der Waals surface area contributed by atoms with Crippen molar-refractivity contribution < 1.29 is 4.74 Å². The minimum atomic E-state index is 0.533. The Bertz CT molecular complexity index is 963. The van der Waals surface area contributed by atoms with Crippen molar-refractivity contribution in [3.05, 3.63) is 71.0 Å². The van der Waals surface area contributed by atoms with Gasteiger partial charge in [0.15, 0.2) is 5.11 Å². The molecule has 3 aromatic rings. The lowest BCUT2D eigenvalue weighted by molar-refractivity contribution is 0.340. The molecule has 0 saturated carbocycles. The van der Waals surface area contributed by atoms with Gasteiger partial charge in [-0.25, -0.2) is 0 Å². The molecule has 5 nitrogen and oxygen atoms in total. The lowest BCUT2D eigenvalue weighted by Crippen LogP contribution is -2.20. The Labute approximate surface area is 171 Å². The first kappa shape index (κ1) is 19.9. The molecule has 0 amide bonds. The molecule has 0 aliphatic rings. The van der Waals surface area contributed by atoms with Crippen molar-refractivity contribution in [3.63, 3.8) is 0 Å². The highest BCUT2D eigenvalue weighted by Gasteiger charge is 2.13. The largest absolute Gasteiger partial charge is 0.494 e. The molecule has 0 bridgehead atoms. The van der Waals surface area contributed by atoms with E-state index in [1.807, 2.05) is 42.8 Å². The number of aromatic nitrogens is 2. The van der Waals surface area contributed by atoms with Crippen LogP contribution in [-0.2, 0) is 6.54 Å². The molecule has 1 heterocycles. The van der Waals surface area contributed by atoms with Gasteiger partial charge in [-0.1, -0.05) is 24.3 Å².